The summed E-state index contributed by atoms with van der Waals surface area (Å²) < 4.78 is 25.8. The molecular formula is C24H29N3O4S. The average Bonchev–Trinajstić information content (AvgIpc) is 2.83. The van der Waals surface area contributed by atoms with Crippen LogP contribution in [0.15, 0.2) is 65.6 Å². The van der Waals surface area contributed by atoms with Gasteiger partial charge in [0, 0.05) is 38.7 Å². The molecule has 0 bridgehead atoms. The lowest BCUT2D eigenvalue weighted by Crippen LogP contribution is -2.50. The quantitative estimate of drug-likeness (QED) is 0.619. The monoisotopic (exact) mass is 455 g/mol. The lowest BCUT2D eigenvalue weighted by atomic mass is 10.1. The van der Waals surface area contributed by atoms with Gasteiger partial charge in [0.25, 0.3) is 0 Å². The second kappa shape index (κ2) is 11.1. The van der Waals surface area contributed by atoms with Gasteiger partial charge in [-0.05, 0) is 49.2 Å². The van der Waals surface area contributed by atoms with Crippen molar-refractivity contribution in [2.24, 2.45) is 0 Å². The maximum absolute atomic E-state index is 12.5. The molecule has 2 aromatic carbocycles. The zero-order valence-electron chi connectivity index (χ0n) is 18.2. The van der Waals surface area contributed by atoms with Gasteiger partial charge in [-0.3, -0.25) is 9.59 Å². The Kier molecular flexibility index (Phi) is 8.19. The number of amides is 2. The van der Waals surface area contributed by atoms with Gasteiger partial charge in [-0.2, -0.15) is 0 Å². The highest BCUT2D eigenvalue weighted by Gasteiger charge is 2.22. The first-order valence-corrected chi connectivity index (χ1v) is 12.2. The molecule has 170 valence electrons. The molecule has 1 saturated heterocycles. The van der Waals surface area contributed by atoms with E-state index in [-0.39, 0.29) is 16.7 Å². The first-order chi connectivity index (χ1) is 15.4. The average molecular weight is 456 g/mol. The number of nitrogens with one attached hydrogen (secondary N) is 1. The highest BCUT2D eigenvalue weighted by atomic mass is 32.2. The zero-order valence-corrected chi connectivity index (χ0v) is 19.1. The van der Waals surface area contributed by atoms with E-state index in [1.54, 1.807) is 23.1 Å². The minimum atomic E-state index is -3.48. The van der Waals surface area contributed by atoms with Crippen molar-refractivity contribution in [2.75, 3.05) is 33.2 Å². The molecule has 0 aliphatic carbocycles. The van der Waals surface area contributed by atoms with Gasteiger partial charge in [0.2, 0.25) is 21.8 Å². The standard InChI is InChI=1S/C24H29N3O4S/c1-25-32(30,31)22-13-10-21(11-14-22)12-15-24(29)27-18-16-26(17-19-27)23(28)9-5-8-20-6-3-2-4-7-20/h2-4,6-7,10-15,25H,5,8-9,16-19H2,1H3/b15-12+. The number of rotatable bonds is 8. The van der Waals surface area contributed by atoms with E-state index >= 15 is 0 Å². The maximum Gasteiger partial charge on any atom is 0.246 e. The Labute approximate surface area is 189 Å². The number of benzene rings is 2. The van der Waals surface area contributed by atoms with E-state index in [0.29, 0.717) is 32.6 Å². The van der Waals surface area contributed by atoms with Crippen molar-refractivity contribution in [1.82, 2.24) is 14.5 Å². The van der Waals surface area contributed by atoms with E-state index < -0.39 is 10.0 Å². The molecule has 2 amide bonds. The number of hydrogen-bond acceptors (Lipinski definition) is 4. The first kappa shape index (κ1) is 23.7. The van der Waals surface area contributed by atoms with Gasteiger partial charge in [-0.15, -0.1) is 0 Å². The Balaban J connectivity index is 1.43. The van der Waals surface area contributed by atoms with Crippen LogP contribution in [0.3, 0.4) is 0 Å². The number of carbonyl (C=O) groups is 2. The molecule has 0 saturated carbocycles. The molecule has 0 spiro atoms. The predicted molar refractivity (Wildman–Crippen MR) is 124 cm³/mol. The summed E-state index contributed by atoms with van der Waals surface area (Å²) in [4.78, 5) is 28.7. The lowest BCUT2D eigenvalue weighted by molar-refractivity contribution is -0.137. The molecule has 7 nitrogen and oxygen atoms in total. The van der Waals surface area contributed by atoms with Crippen LogP contribution in [-0.4, -0.2) is 63.3 Å². The number of carbonyl (C=O) groups excluding carboxylic acids is 2. The van der Waals surface area contributed by atoms with Crippen LogP contribution in [0.1, 0.15) is 24.0 Å². The minimum absolute atomic E-state index is 0.118. The van der Waals surface area contributed by atoms with Crippen molar-refractivity contribution < 1.29 is 18.0 Å². The Hall–Kier alpha value is -2.97. The summed E-state index contributed by atoms with van der Waals surface area (Å²) in [7, 11) is -2.12. The third kappa shape index (κ3) is 6.51. The van der Waals surface area contributed by atoms with Crippen LogP contribution in [0, 0.1) is 0 Å². The molecule has 0 aromatic heterocycles. The van der Waals surface area contributed by atoms with Crippen LogP contribution in [0.2, 0.25) is 0 Å². The topological polar surface area (TPSA) is 86.8 Å². The molecule has 2 aromatic rings. The number of piperazine rings is 1. The Morgan fingerprint density at radius 3 is 2.19 bits per heavy atom. The molecule has 8 heteroatoms. The fraction of sp³-hybridized carbons (Fsp3) is 0.333. The van der Waals surface area contributed by atoms with Gasteiger partial charge in [0.05, 0.1) is 4.90 Å². The second-order valence-electron chi connectivity index (χ2n) is 7.66. The van der Waals surface area contributed by atoms with Crippen LogP contribution in [-0.2, 0) is 26.0 Å². The SMILES string of the molecule is CNS(=O)(=O)c1ccc(/C=C/C(=O)N2CCN(C(=O)CCCc3ccccc3)CC2)cc1. The summed E-state index contributed by atoms with van der Waals surface area (Å²) in [6.07, 6.45) is 5.37. The van der Waals surface area contributed by atoms with Gasteiger partial charge in [0.15, 0.2) is 0 Å². The Bertz CT molecular complexity index is 1040. The molecule has 1 aliphatic heterocycles. The predicted octanol–water partition coefficient (Wildman–Crippen LogP) is 2.30. The van der Waals surface area contributed by atoms with E-state index in [1.807, 2.05) is 23.1 Å². The summed E-state index contributed by atoms with van der Waals surface area (Å²) in [5.41, 5.74) is 1.97. The molecule has 0 radical (unpaired) electrons. The summed E-state index contributed by atoms with van der Waals surface area (Å²) in [6.45, 7) is 2.10. The smallest absolute Gasteiger partial charge is 0.246 e. The van der Waals surface area contributed by atoms with Crippen LogP contribution in [0.4, 0.5) is 0 Å². The molecule has 0 unspecified atom stereocenters. The molecule has 1 N–H and O–H groups in total. The van der Waals surface area contributed by atoms with Crippen molar-refractivity contribution in [1.29, 1.82) is 0 Å². The fourth-order valence-electron chi connectivity index (χ4n) is 3.57. The number of nitrogens with zero attached hydrogens (tertiary/aromatic N) is 2. The molecule has 32 heavy (non-hydrogen) atoms. The molecule has 3 rings (SSSR count). The van der Waals surface area contributed by atoms with Gasteiger partial charge >= 0.3 is 0 Å². The molecular weight excluding hydrogens is 426 g/mol. The molecule has 1 aliphatic rings. The third-order valence-electron chi connectivity index (χ3n) is 5.52. The minimum Gasteiger partial charge on any atom is -0.339 e. The van der Waals surface area contributed by atoms with Gasteiger partial charge in [0.1, 0.15) is 0 Å². The van der Waals surface area contributed by atoms with Gasteiger partial charge in [-0.25, -0.2) is 13.1 Å². The van der Waals surface area contributed by atoms with E-state index in [2.05, 4.69) is 16.9 Å². The van der Waals surface area contributed by atoms with Crippen LogP contribution < -0.4 is 4.72 Å². The highest BCUT2D eigenvalue weighted by Crippen LogP contribution is 2.12. The summed E-state index contributed by atoms with van der Waals surface area (Å²) in [5, 5.41) is 0. The number of hydrogen-bond donors (Lipinski definition) is 1. The van der Waals surface area contributed by atoms with Crippen molar-refractivity contribution in [3.8, 4) is 0 Å². The van der Waals surface area contributed by atoms with Crippen LogP contribution >= 0.6 is 0 Å². The Morgan fingerprint density at radius 1 is 0.938 bits per heavy atom. The number of aryl methyl sites for hydroxylation is 1. The summed E-state index contributed by atoms with van der Waals surface area (Å²) in [6, 6.07) is 16.4. The maximum atomic E-state index is 12.5. The lowest BCUT2D eigenvalue weighted by Gasteiger charge is -2.34. The summed E-state index contributed by atoms with van der Waals surface area (Å²) >= 11 is 0. The first-order valence-electron chi connectivity index (χ1n) is 10.7. The van der Waals surface area contributed by atoms with Crippen molar-refractivity contribution in [3.05, 3.63) is 71.8 Å². The normalized spacial score (nSPS) is 14.7. The van der Waals surface area contributed by atoms with Crippen molar-refractivity contribution >= 4 is 27.9 Å². The molecule has 1 heterocycles. The van der Waals surface area contributed by atoms with E-state index in [4.69, 9.17) is 0 Å². The van der Waals surface area contributed by atoms with Gasteiger partial charge < -0.3 is 9.80 Å². The zero-order chi connectivity index (χ0) is 23.0. The third-order valence-corrected chi connectivity index (χ3v) is 6.95. The molecule has 1 fully saturated rings. The van der Waals surface area contributed by atoms with Gasteiger partial charge in [-0.1, -0.05) is 42.5 Å². The van der Waals surface area contributed by atoms with E-state index in [0.717, 1.165) is 18.4 Å². The summed E-state index contributed by atoms with van der Waals surface area (Å²) in [5.74, 6) is 0.0216. The fourth-order valence-corrected chi connectivity index (χ4v) is 4.30. The van der Waals surface area contributed by atoms with Crippen LogP contribution in [0.5, 0.6) is 0 Å². The molecule has 0 atom stereocenters. The highest BCUT2D eigenvalue weighted by molar-refractivity contribution is 7.89. The van der Waals surface area contributed by atoms with Crippen molar-refractivity contribution in [2.45, 2.75) is 24.2 Å². The number of sulfonamides is 1. The second-order valence-corrected chi connectivity index (χ2v) is 9.54. The van der Waals surface area contributed by atoms with E-state index in [1.165, 1.54) is 30.8 Å². The van der Waals surface area contributed by atoms with Crippen molar-refractivity contribution in [3.63, 3.8) is 0 Å². The van der Waals surface area contributed by atoms with Crippen LogP contribution in [0.25, 0.3) is 6.08 Å². The largest absolute Gasteiger partial charge is 0.339 e. The van der Waals surface area contributed by atoms with E-state index in [9.17, 15) is 18.0 Å². The Morgan fingerprint density at radius 2 is 1.56 bits per heavy atom.